The molecule has 2 heterocycles. The van der Waals surface area contributed by atoms with Crippen molar-refractivity contribution in [2.45, 2.75) is 31.5 Å². The molecule has 0 radical (unpaired) electrons. The maximum Gasteiger partial charge on any atom is 0.338 e. The lowest BCUT2D eigenvalue weighted by molar-refractivity contribution is -0.0592. The monoisotopic (exact) mass is 468 g/mol. The summed E-state index contributed by atoms with van der Waals surface area (Å²) in [7, 11) is 0. The Balaban J connectivity index is 1.59. The van der Waals surface area contributed by atoms with E-state index in [0.717, 1.165) is 10.8 Å². The third kappa shape index (κ3) is 4.81. The molecule has 1 unspecified atom stereocenters. The van der Waals surface area contributed by atoms with Gasteiger partial charge in [0.05, 0.1) is 11.1 Å². The number of halogens is 1. The summed E-state index contributed by atoms with van der Waals surface area (Å²) in [6, 6.07) is 16.1. The molecule has 0 aliphatic carbocycles. The number of alkyl halides is 1. The molecule has 0 spiro atoms. The Kier molecular flexibility index (Phi) is 6.69. The summed E-state index contributed by atoms with van der Waals surface area (Å²) in [6.45, 7) is 1.01. The molecular weight excluding hydrogens is 447 g/mol. The zero-order valence-electron chi connectivity index (χ0n) is 18.1. The number of aryl methyl sites for hydroxylation is 1. The number of benzene rings is 2. The van der Waals surface area contributed by atoms with Crippen molar-refractivity contribution < 1.29 is 28.2 Å². The second-order valence-electron chi connectivity index (χ2n) is 7.69. The minimum absolute atomic E-state index is 0.159. The Bertz CT molecular complexity index is 1290. The minimum Gasteiger partial charge on any atom is -0.459 e. The van der Waals surface area contributed by atoms with Crippen LogP contribution in [0.4, 0.5) is 4.39 Å². The highest BCUT2D eigenvalue weighted by molar-refractivity contribution is 5.90. The molecule has 1 aliphatic heterocycles. The average Bonchev–Trinajstić information content (AvgIpc) is 3.15. The first-order chi connectivity index (χ1) is 16.3. The van der Waals surface area contributed by atoms with Gasteiger partial charge in [0, 0.05) is 11.8 Å². The van der Waals surface area contributed by atoms with Crippen molar-refractivity contribution in [3.63, 3.8) is 0 Å². The van der Waals surface area contributed by atoms with Gasteiger partial charge in [-0.25, -0.2) is 18.8 Å². The summed E-state index contributed by atoms with van der Waals surface area (Å²) in [5.74, 6) is -1.48. The molecule has 176 valence electrons. The number of nitrogens with one attached hydrogen (secondary N) is 1. The number of nitrogens with zero attached hydrogens (tertiary/aromatic N) is 1. The van der Waals surface area contributed by atoms with Gasteiger partial charge in [0.2, 0.25) is 0 Å². The van der Waals surface area contributed by atoms with Gasteiger partial charge in [-0.1, -0.05) is 36.4 Å². The van der Waals surface area contributed by atoms with Crippen LogP contribution in [-0.2, 0) is 14.2 Å². The maximum atomic E-state index is 15.5. The highest BCUT2D eigenvalue weighted by Gasteiger charge is 2.49. The second-order valence-corrected chi connectivity index (χ2v) is 7.69. The zero-order chi connectivity index (χ0) is 24.2. The van der Waals surface area contributed by atoms with Crippen molar-refractivity contribution in [1.82, 2.24) is 9.55 Å². The van der Waals surface area contributed by atoms with Crippen LogP contribution < -0.4 is 11.2 Å². The van der Waals surface area contributed by atoms with Crippen LogP contribution in [0.2, 0.25) is 0 Å². The number of carbonyl (C=O) groups excluding carboxylic acids is 2. The van der Waals surface area contributed by atoms with E-state index in [1.807, 2.05) is 0 Å². The Labute approximate surface area is 192 Å². The third-order valence-corrected chi connectivity index (χ3v) is 5.33. The molecule has 1 fully saturated rings. The first-order valence-corrected chi connectivity index (χ1v) is 10.4. The summed E-state index contributed by atoms with van der Waals surface area (Å²) in [6.07, 6.45) is -5.04. The van der Waals surface area contributed by atoms with Gasteiger partial charge in [-0.3, -0.25) is 14.3 Å². The molecule has 0 amide bonds. The molecule has 1 saturated heterocycles. The quantitative estimate of drug-likeness (QED) is 0.551. The number of rotatable bonds is 6. The Hall–Kier alpha value is -4.05. The number of aromatic nitrogens is 2. The van der Waals surface area contributed by atoms with E-state index in [1.54, 1.807) is 48.5 Å². The normalized spacial score (nSPS) is 21.7. The molecule has 34 heavy (non-hydrogen) atoms. The summed E-state index contributed by atoms with van der Waals surface area (Å²) in [5, 5.41) is 0. The van der Waals surface area contributed by atoms with Crippen molar-refractivity contribution in [3.8, 4) is 0 Å². The van der Waals surface area contributed by atoms with Crippen molar-refractivity contribution in [3.05, 3.63) is 104 Å². The van der Waals surface area contributed by atoms with Crippen molar-refractivity contribution >= 4 is 11.9 Å². The highest BCUT2D eigenvalue weighted by atomic mass is 19.1. The molecular formula is C24H21FN2O7. The summed E-state index contributed by atoms with van der Waals surface area (Å²) in [4.78, 5) is 51.0. The number of carbonyl (C=O) groups is 2. The number of ether oxygens (including phenoxy) is 3. The van der Waals surface area contributed by atoms with Gasteiger partial charge in [-0.15, -0.1) is 0 Å². The van der Waals surface area contributed by atoms with E-state index in [0.29, 0.717) is 0 Å². The van der Waals surface area contributed by atoms with Crippen LogP contribution in [0, 0.1) is 6.92 Å². The van der Waals surface area contributed by atoms with Crippen LogP contribution in [-0.4, -0.2) is 46.5 Å². The van der Waals surface area contributed by atoms with Gasteiger partial charge >= 0.3 is 17.6 Å². The van der Waals surface area contributed by atoms with Gasteiger partial charge in [0.25, 0.3) is 5.56 Å². The number of esters is 2. The van der Waals surface area contributed by atoms with Crippen LogP contribution in [0.15, 0.2) is 76.4 Å². The lowest BCUT2D eigenvalue weighted by atomic mass is 10.1. The molecule has 0 saturated carbocycles. The summed E-state index contributed by atoms with van der Waals surface area (Å²) < 4.78 is 32.7. The van der Waals surface area contributed by atoms with Crippen LogP contribution in [0.5, 0.6) is 0 Å². The Morgan fingerprint density at radius 2 is 1.59 bits per heavy atom. The molecule has 4 rings (SSSR count). The molecule has 2 aromatic carbocycles. The van der Waals surface area contributed by atoms with Gasteiger partial charge in [-0.2, -0.15) is 0 Å². The molecule has 1 N–H and O–H groups in total. The van der Waals surface area contributed by atoms with Gasteiger partial charge in [0.1, 0.15) is 12.7 Å². The Morgan fingerprint density at radius 1 is 1.00 bits per heavy atom. The SMILES string of the molecule is Cc1cn([C@H]2O[C@@H](COC(=O)c3ccccc3)C(OC(=O)c3ccccc3)[C@@H]2F)c(=O)[nH]c1=O. The van der Waals surface area contributed by atoms with Crippen molar-refractivity contribution in [2.75, 3.05) is 6.61 Å². The van der Waals surface area contributed by atoms with Gasteiger partial charge in [-0.05, 0) is 31.2 Å². The fourth-order valence-corrected chi connectivity index (χ4v) is 3.55. The van der Waals surface area contributed by atoms with Gasteiger partial charge < -0.3 is 14.2 Å². The lowest BCUT2D eigenvalue weighted by Crippen LogP contribution is -2.38. The standard InChI is InChI=1S/C24H21FN2O7/c1-14-12-27(24(31)26-20(14)28)21-18(25)19(34-23(30)16-10-6-3-7-11-16)17(33-21)13-32-22(29)15-8-4-2-5-9-15/h2-12,17-19,21H,13H2,1H3,(H,26,28,31)/t17-,18-,19?,21-/m0/s1. The van der Waals surface area contributed by atoms with E-state index in [2.05, 4.69) is 4.98 Å². The van der Waals surface area contributed by atoms with Crippen LogP contribution in [0.1, 0.15) is 32.5 Å². The maximum absolute atomic E-state index is 15.5. The molecule has 4 atom stereocenters. The third-order valence-electron chi connectivity index (χ3n) is 5.33. The van der Waals surface area contributed by atoms with E-state index in [1.165, 1.54) is 19.1 Å². The summed E-state index contributed by atoms with van der Waals surface area (Å²) >= 11 is 0. The zero-order valence-corrected chi connectivity index (χ0v) is 18.1. The molecule has 10 heteroatoms. The van der Waals surface area contributed by atoms with Crippen LogP contribution in [0.3, 0.4) is 0 Å². The number of hydrogen-bond donors (Lipinski definition) is 1. The number of hydrogen-bond acceptors (Lipinski definition) is 7. The van der Waals surface area contributed by atoms with Crippen molar-refractivity contribution in [2.24, 2.45) is 0 Å². The molecule has 0 bridgehead atoms. The number of H-pyrrole nitrogens is 1. The lowest BCUT2D eigenvalue weighted by Gasteiger charge is -2.19. The van der Waals surface area contributed by atoms with Crippen LogP contribution >= 0.6 is 0 Å². The second kappa shape index (κ2) is 9.84. The predicted molar refractivity (Wildman–Crippen MR) is 117 cm³/mol. The van der Waals surface area contributed by atoms with E-state index >= 15 is 4.39 Å². The Morgan fingerprint density at radius 3 is 2.21 bits per heavy atom. The fraction of sp³-hybridized carbons (Fsp3) is 0.250. The molecule has 3 aromatic rings. The summed E-state index contributed by atoms with van der Waals surface area (Å²) in [5.41, 5.74) is -0.880. The highest BCUT2D eigenvalue weighted by Crippen LogP contribution is 2.34. The molecule has 1 aliphatic rings. The largest absolute Gasteiger partial charge is 0.459 e. The molecule has 1 aromatic heterocycles. The topological polar surface area (TPSA) is 117 Å². The fourth-order valence-electron chi connectivity index (χ4n) is 3.55. The van der Waals surface area contributed by atoms with Crippen molar-refractivity contribution in [1.29, 1.82) is 0 Å². The first-order valence-electron chi connectivity index (χ1n) is 10.4. The van der Waals surface area contributed by atoms with E-state index in [9.17, 15) is 19.2 Å². The first kappa shape index (κ1) is 23.1. The van der Waals surface area contributed by atoms with E-state index < -0.39 is 54.4 Å². The molecule has 9 nitrogen and oxygen atoms in total. The predicted octanol–water partition coefficient (Wildman–Crippen LogP) is 2.16. The van der Waals surface area contributed by atoms with E-state index in [-0.39, 0.29) is 16.7 Å². The van der Waals surface area contributed by atoms with Crippen LogP contribution in [0.25, 0.3) is 0 Å². The van der Waals surface area contributed by atoms with E-state index in [4.69, 9.17) is 14.2 Å². The minimum atomic E-state index is -1.99. The van der Waals surface area contributed by atoms with Gasteiger partial charge in [0.15, 0.2) is 18.5 Å². The average molecular weight is 468 g/mol. The smallest absolute Gasteiger partial charge is 0.338 e. The number of aromatic amines is 1.